The van der Waals surface area contributed by atoms with Crippen LogP contribution >= 0.6 is 23.2 Å². The number of carboxylic acids is 1. The lowest BCUT2D eigenvalue weighted by Crippen LogP contribution is -2.57. The van der Waals surface area contributed by atoms with Crippen molar-refractivity contribution in [1.29, 1.82) is 0 Å². The number of hydrogen-bond acceptors (Lipinski definition) is 7. The Labute approximate surface area is 321 Å². The molecular formula is C40H48Cl2N4O7. The summed E-state index contributed by atoms with van der Waals surface area (Å²) in [5.41, 5.74) is 1.65. The highest BCUT2D eigenvalue weighted by molar-refractivity contribution is 6.42. The summed E-state index contributed by atoms with van der Waals surface area (Å²) in [7, 11) is 4.59. The molecule has 6 rings (SSSR count). The molecule has 3 amide bonds. The fraction of sp³-hybridized carbons (Fsp3) is 0.475. The van der Waals surface area contributed by atoms with Crippen LogP contribution in [0.3, 0.4) is 0 Å². The van der Waals surface area contributed by atoms with Gasteiger partial charge in [0.2, 0.25) is 5.75 Å². The highest BCUT2D eigenvalue weighted by Crippen LogP contribution is 2.43. The van der Waals surface area contributed by atoms with E-state index in [9.17, 15) is 19.5 Å². The third kappa shape index (κ3) is 8.17. The van der Waals surface area contributed by atoms with E-state index in [1.807, 2.05) is 41.3 Å². The van der Waals surface area contributed by atoms with E-state index < -0.39 is 17.4 Å². The molecule has 1 unspecified atom stereocenters. The predicted octanol–water partition coefficient (Wildman–Crippen LogP) is 6.69. The topological polar surface area (TPSA) is 121 Å². The fourth-order valence-electron chi connectivity index (χ4n) is 8.23. The molecule has 0 aliphatic carbocycles. The Kier molecular flexibility index (Phi) is 12.0. The monoisotopic (exact) mass is 766 g/mol. The summed E-state index contributed by atoms with van der Waals surface area (Å²) in [5, 5.41) is 13.8. The average molecular weight is 768 g/mol. The molecule has 2 N–H and O–H groups in total. The van der Waals surface area contributed by atoms with Crippen molar-refractivity contribution in [2.45, 2.75) is 49.5 Å². The van der Waals surface area contributed by atoms with Gasteiger partial charge in [0, 0.05) is 50.2 Å². The SMILES string of the molecule is COc1cc(C(=O)N2CCC(CCN3CCC(NC(=O)N4CCC(C(=O)O)CC4)(c4ccccc4)CC3)(c3ccc(Cl)c(Cl)c3)C2)cc(OC)c1OC. The molecule has 3 aliphatic rings. The number of halogens is 2. The van der Waals surface area contributed by atoms with Crippen LogP contribution in [0.2, 0.25) is 10.0 Å². The van der Waals surface area contributed by atoms with E-state index in [0.717, 1.165) is 56.4 Å². The number of piperidine rings is 2. The Bertz CT molecular complexity index is 1770. The van der Waals surface area contributed by atoms with E-state index in [0.29, 0.717) is 71.9 Å². The maximum atomic E-state index is 14.0. The van der Waals surface area contributed by atoms with Crippen LogP contribution in [0.5, 0.6) is 17.2 Å². The van der Waals surface area contributed by atoms with Crippen LogP contribution in [0.1, 0.15) is 60.0 Å². The number of likely N-dealkylation sites (tertiary alicyclic amines) is 3. The van der Waals surface area contributed by atoms with Crippen LogP contribution in [-0.4, -0.2) is 105 Å². The van der Waals surface area contributed by atoms with Crippen LogP contribution in [0.15, 0.2) is 60.7 Å². The highest BCUT2D eigenvalue weighted by Gasteiger charge is 2.44. The van der Waals surface area contributed by atoms with Crippen LogP contribution < -0.4 is 19.5 Å². The minimum atomic E-state index is -0.797. The van der Waals surface area contributed by atoms with Crippen molar-refractivity contribution in [3.8, 4) is 17.2 Å². The summed E-state index contributed by atoms with van der Waals surface area (Å²) in [6.45, 7) is 4.22. The molecule has 53 heavy (non-hydrogen) atoms. The Morgan fingerprint density at radius 3 is 2.04 bits per heavy atom. The second kappa shape index (κ2) is 16.4. The molecule has 0 radical (unpaired) electrons. The molecule has 3 aromatic rings. The molecule has 0 spiro atoms. The van der Waals surface area contributed by atoms with Gasteiger partial charge in [0.05, 0.1) is 42.8 Å². The number of ether oxygens (including phenoxy) is 3. The molecule has 0 bridgehead atoms. The number of nitrogens with zero attached hydrogens (tertiary/aromatic N) is 3. The van der Waals surface area contributed by atoms with E-state index in [1.165, 1.54) is 21.3 Å². The molecule has 3 saturated heterocycles. The van der Waals surface area contributed by atoms with Gasteiger partial charge in [-0.3, -0.25) is 9.59 Å². The first kappa shape index (κ1) is 38.5. The summed E-state index contributed by atoms with van der Waals surface area (Å²) < 4.78 is 16.5. The number of methoxy groups -OCH3 is 3. The zero-order valence-corrected chi connectivity index (χ0v) is 32.0. The van der Waals surface area contributed by atoms with Gasteiger partial charge in [0.15, 0.2) is 11.5 Å². The summed E-state index contributed by atoms with van der Waals surface area (Å²) >= 11 is 12.9. The van der Waals surface area contributed by atoms with Gasteiger partial charge < -0.3 is 39.3 Å². The number of carboxylic acid groups (broad SMARTS) is 1. The number of amides is 3. The molecule has 284 valence electrons. The number of hydrogen-bond donors (Lipinski definition) is 2. The molecule has 3 aliphatic heterocycles. The summed E-state index contributed by atoms with van der Waals surface area (Å²) in [6.07, 6.45) is 3.90. The quantitative estimate of drug-likeness (QED) is 0.222. The van der Waals surface area contributed by atoms with Gasteiger partial charge in [-0.05, 0) is 80.5 Å². The maximum absolute atomic E-state index is 14.0. The number of nitrogens with one attached hydrogen (secondary N) is 1. The van der Waals surface area contributed by atoms with Gasteiger partial charge in [-0.1, -0.05) is 59.6 Å². The van der Waals surface area contributed by atoms with Gasteiger partial charge in [-0.25, -0.2) is 4.79 Å². The lowest BCUT2D eigenvalue weighted by Gasteiger charge is -2.45. The molecule has 11 nitrogen and oxygen atoms in total. The predicted molar refractivity (Wildman–Crippen MR) is 204 cm³/mol. The van der Waals surface area contributed by atoms with Crippen molar-refractivity contribution in [2.24, 2.45) is 5.92 Å². The molecule has 1 atom stereocenters. The molecular weight excluding hydrogens is 719 g/mol. The van der Waals surface area contributed by atoms with Crippen molar-refractivity contribution in [2.75, 3.05) is 67.1 Å². The first-order valence-electron chi connectivity index (χ1n) is 18.1. The lowest BCUT2D eigenvalue weighted by atomic mass is 9.76. The summed E-state index contributed by atoms with van der Waals surface area (Å²) in [4.78, 5) is 45.2. The lowest BCUT2D eigenvalue weighted by molar-refractivity contribution is -0.143. The Morgan fingerprint density at radius 1 is 0.792 bits per heavy atom. The maximum Gasteiger partial charge on any atom is 0.318 e. The zero-order valence-electron chi connectivity index (χ0n) is 30.5. The van der Waals surface area contributed by atoms with Crippen LogP contribution in [-0.2, 0) is 15.7 Å². The van der Waals surface area contributed by atoms with Gasteiger partial charge in [0.1, 0.15) is 0 Å². The van der Waals surface area contributed by atoms with E-state index in [4.69, 9.17) is 37.4 Å². The van der Waals surface area contributed by atoms with Crippen molar-refractivity contribution in [1.82, 2.24) is 20.0 Å². The average Bonchev–Trinajstić information content (AvgIpc) is 3.63. The zero-order chi connectivity index (χ0) is 37.8. The molecule has 3 aromatic carbocycles. The van der Waals surface area contributed by atoms with E-state index in [2.05, 4.69) is 22.3 Å². The smallest absolute Gasteiger partial charge is 0.318 e. The number of benzene rings is 3. The number of aliphatic carboxylic acids is 1. The van der Waals surface area contributed by atoms with Crippen LogP contribution in [0.25, 0.3) is 0 Å². The number of carbonyl (C=O) groups excluding carboxylic acids is 2. The summed E-state index contributed by atoms with van der Waals surface area (Å²) in [5.74, 6) is -0.0659. The van der Waals surface area contributed by atoms with Gasteiger partial charge in [-0.2, -0.15) is 0 Å². The van der Waals surface area contributed by atoms with Gasteiger partial charge in [0.25, 0.3) is 5.91 Å². The molecule has 13 heteroatoms. The number of rotatable bonds is 11. The number of carbonyl (C=O) groups is 3. The third-order valence-electron chi connectivity index (χ3n) is 11.5. The molecule has 0 aromatic heterocycles. The van der Waals surface area contributed by atoms with Gasteiger partial charge >= 0.3 is 12.0 Å². The highest BCUT2D eigenvalue weighted by atomic mass is 35.5. The first-order valence-corrected chi connectivity index (χ1v) is 18.9. The molecule has 3 fully saturated rings. The van der Waals surface area contributed by atoms with E-state index in [-0.39, 0.29) is 17.4 Å². The Morgan fingerprint density at radius 2 is 1.45 bits per heavy atom. The minimum Gasteiger partial charge on any atom is -0.493 e. The minimum absolute atomic E-state index is 0.125. The largest absolute Gasteiger partial charge is 0.493 e. The second-order valence-corrected chi connectivity index (χ2v) is 15.2. The fourth-order valence-corrected chi connectivity index (χ4v) is 8.53. The third-order valence-corrected chi connectivity index (χ3v) is 12.2. The van der Waals surface area contributed by atoms with Crippen LogP contribution in [0.4, 0.5) is 4.79 Å². The Balaban J connectivity index is 1.18. The standard InChI is InChI=1S/C40H48Cl2N4O7/c1-51-33-23-28(24-34(52-2)35(33)53-3)36(47)46-22-14-39(26-46,30-9-10-31(41)32(42)25-30)13-19-44-20-15-40(16-21-44,29-7-5-4-6-8-29)43-38(50)45-17-11-27(12-18-45)37(48)49/h4-10,23-25,27H,11-22,26H2,1-3H3,(H,43,50)(H,48,49). The van der Waals surface area contributed by atoms with Crippen molar-refractivity contribution < 1.29 is 33.7 Å². The van der Waals surface area contributed by atoms with E-state index >= 15 is 0 Å². The first-order chi connectivity index (χ1) is 25.5. The van der Waals surface area contributed by atoms with Crippen molar-refractivity contribution in [3.05, 3.63) is 87.4 Å². The molecule has 3 heterocycles. The van der Waals surface area contributed by atoms with E-state index in [1.54, 1.807) is 17.0 Å². The molecule has 0 saturated carbocycles. The number of urea groups is 1. The van der Waals surface area contributed by atoms with Crippen LogP contribution in [0, 0.1) is 5.92 Å². The second-order valence-electron chi connectivity index (χ2n) is 14.4. The summed E-state index contributed by atoms with van der Waals surface area (Å²) in [6, 6.07) is 19.1. The van der Waals surface area contributed by atoms with Gasteiger partial charge in [-0.15, -0.1) is 0 Å². The normalized spacial score (nSPS) is 20.5. The van der Waals surface area contributed by atoms with Crippen molar-refractivity contribution >= 4 is 41.1 Å². The van der Waals surface area contributed by atoms with Crippen molar-refractivity contribution in [3.63, 3.8) is 0 Å². The Hall–Kier alpha value is -4.19.